The molecule has 0 fully saturated rings. The maximum Gasteiger partial charge on any atom is 0.127 e. The molecule has 26 heavy (non-hydrogen) atoms. The highest BCUT2D eigenvalue weighted by Gasteiger charge is 2.23. The minimum absolute atomic E-state index is 0.156. The summed E-state index contributed by atoms with van der Waals surface area (Å²) in [6.07, 6.45) is 0. The van der Waals surface area contributed by atoms with Crippen LogP contribution in [-0.4, -0.2) is 6.61 Å². The van der Waals surface area contributed by atoms with Crippen molar-refractivity contribution in [1.29, 1.82) is 0 Å². The van der Waals surface area contributed by atoms with E-state index in [1.165, 1.54) is 0 Å². The first-order valence-electron chi connectivity index (χ1n) is 8.69. The lowest BCUT2D eigenvalue weighted by molar-refractivity contribution is 0.0824. The zero-order chi connectivity index (χ0) is 18.4. The highest BCUT2D eigenvalue weighted by molar-refractivity contribution is 6.31. The summed E-state index contributed by atoms with van der Waals surface area (Å²) < 4.78 is 11.9. The topological polar surface area (TPSA) is 18.5 Å². The second-order valence-corrected chi connectivity index (χ2v) is 7.33. The lowest BCUT2D eigenvalue weighted by Crippen LogP contribution is -2.24. The minimum Gasteiger partial charge on any atom is -0.457 e. The van der Waals surface area contributed by atoms with Gasteiger partial charge in [0.25, 0.3) is 0 Å². The van der Waals surface area contributed by atoms with E-state index in [0.717, 1.165) is 27.6 Å². The molecule has 3 rings (SSSR count). The van der Waals surface area contributed by atoms with Gasteiger partial charge in [0.05, 0.1) is 13.2 Å². The molecule has 0 amide bonds. The highest BCUT2D eigenvalue weighted by Crippen LogP contribution is 2.30. The lowest BCUT2D eigenvalue weighted by Gasteiger charge is -2.26. The molecule has 0 bridgehead atoms. The Hall–Kier alpha value is -2.29. The molecule has 0 unspecified atom stereocenters. The maximum atomic E-state index is 6.33. The molecule has 0 atom stereocenters. The Bertz CT molecular complexity index is 844. The number of rotatable bonds is 7. The molecule has 0 radical (unpaired) electrons. The number of halogens is 1. The standard InChI is InChI=1S/C23H23ClO2/c1-23(2,21-13-6-7-14-22(21)24)17-25-16-18-9-8-12-20(15-18)26-19-10-4-3-5-11-19/h3-15H,16-17H2,1-2H3. The largest absolute Gasteiger partial charge is 0.457 e. The third-order valence-corrected chi connectivity index (χ3v) is 4.54. The van der Waals surface area contributed by atoms with Crippen molar-refractivity contribution in [2.75, 3.05) is 6.61 Å². The first-order valence-corrected chi connectivity index (χ1v) is 9.07. The Morgan fingerprint density at radius 1 is 0.808 bits per heavy atom. The smallest absolute Gasteiger partial charge is 0.127 e. The van der Waals surface area contributed by atoms with Crippen molar-refractivity contribution in [3.05, 3.63) is 95.0 Å². The Labute approximate surface area is 160 Å². The Kier molecular flexibility index (Phi) is 5.97. The van der Waals surface area contributed by atoms with Crippen LogP contribution in [0.25, 0.3) is 0 Å². The van der Waals surface area contributed by atoms with E-state index in [9.17, 15) is 0 Å². The van der Waals surface area contributed by atoms with E-state index in [4.69, 9.17) is 21.1 Å². The second kappa shape index (κ2) is 8.39. The van der Waals surface area contributed by atoms with Gasteiger partial charge in [-0.05, 0) is 41.5 Å². The van der Waals surface area contributed by atoms with E-state index in [1.54, 1.807) is 0 Å². The van der Waals surface area contributed by atoms with E-state index in [-0.39, 0.29) is 5.41 Å². The van der Waals surface area contributed by atoms with Crippen molar-refractivity contribution in [2.24, 2.45) is 0 Å². The van der Waals surface area contributed by atoms with Crippen LogP contribution in [0.4, 0.5) is 0 Å². The number of benzene rings is 3. The fraction of sp³-hybridized carbons (Fsp3) is 0.217. The van der Waals surface area contributed by atoms with Gasteiger partial charge in [-0.3, -0.25) is 0 Å². The molecule has 134 valence electrons. The molecule has 0 aliphatic carbocycles. The first kappa shape index (κ1) is 18.5. The molecule has 0 aliphatic rings. The molecular formula is C23H23ClO2. The summed E-state index contributed by atoms with van der Waals surface area (Å²) in [6, 6.07) is 25.7. The number of hydrogen-bond acceptors (Lipinski definition) is 2. The molecule has 0 aliphatic heterocycles. The Balaban J connectivity index is 1.60. The average Bonchev–Trinajstić information content (AvgIpc) is 2.63. The van der Waals surface area contributed by atoms with Gasteiger partial charge in [-0.2, -0.15) is 0 Å². The summed E-state index contributed by atoms with van der Waals surface area (Å²) in [5, 5.41) is 0.777. The summed E-state index contributed by atoms with van der Waals surface area (Å²) in [4.78, 5) is 0. The molecule has 0 aromatic heterocycles. The molecule has 0 spiro atoms. The van der Waals surface area contributed by atoms with E-state index < -0.39 is 0 Å². The number of ether oxygens (including phenoxy) is 2. The van der Waals surface area contributed by atoms with Gasteiger partial charge in [0.1, 0.15) is 11.5 Å². The van der Waals surface area contributed by atoms with Crippen LogP contribution >= 0.6 is 11.6 Å². The molecule has 3 heteroatoms. The third-order valence-electron chi connectivity index (χ3n) is 4.21. The third kappa shape index (κ3) is 4.87. The molecule has 2 nitrogen and oxygen atoms in total. The SMILES string of the molecule is CC(C)(COCc1cccc(Oc2ccccc2)c1)c1ccccc1Cl. The maximum absolute atomic E-state index is 6.33. The predicted octanol–water partition coefficient (Wildman–Crippen LogP) is 6.63. The summed E-state index contributed by atoms with van der Waals surface area (Å²) in [5.74, 6) is 1.63. The second-order valence-electron chi connectivity index (χ2n) is 6.92. The zero-order valence-corrected chi connectivity index (χ0v) is 15.9. The van der Waals surface area contributed by atoms with Gasteiger partial charge in [0.15, 0.2) is 0 Å². The van der Waals surface area contributed by atoms with E-state index in [1.807, 2.05) is 72.8 Å². The van der Waals surface area contributed by atoms with Gasteiger partial charge in [0.2, 0.25) is 0 Å². The fourth-order valence-electron chi connectivity index (χ4n) is 2.84. The van der Waals surface area contributed by atoms with Crippen molar-refractivity contribution in [2.45, 2.75) is 25.9 Å². The van der Waals surface area contributed by atoms with Crippen molar-refractivity contribution < 1.29 is 9.47 Å². The number of hydrogen-bond donors (Lipinski definition) is 0. The summed E-state index contributed by atoms with van der Waals surface area (Å²) in [5.41, 5.74) is 2.02. The normalized spacial score (nSPS) is 11.3. The number of para-hydroxylation sites is 1. The lowest BCUT2D eigenvalue weighted by atomic mass is 9.85. The fourth-order valence-corrected chi connectivity index (χ4v) is 3.23. The van der Waals surface area contributed by atoms with Crippen molar-refractivity contribution in [3.8, 4) is 11.5 Å². The molecule has 3 aromatic rings. The predicted molar refractivity (Wildman–Crippen MR) is 107 cm³/mol. The summed E-state index contributed by atoms with van der Waals surface area (Å²) in [7, 11) is 0. The molecular weight excluding hydrogens is 344 g/mol. The average molecular weight is 367 g/mol. The Morgan fingerprint density at radius 3 is 2.27 bits per heavy atom. The van der Waals surface area contributed by atoms with Gasteiger partial charge in [-0.15, -0.1) is 0 Å². The molecule has 3 aromatic carbocycles. The van der Waals surface area contributed by atoms with E-state index in [2.05, 4.69) is 19.9 Å². The monoisotopic (exact) mass is 366 g/mol. The van der Waals surface area contributed by atoms with Gasteiger partial charge in [-0.25, -0.2) is 0 Å². The first-order chi connectivity index (χ1) is 12.5. The zero-order valence-electron chi connectivity index (χ0n) is 15.1. The highest BCUT2D eigenvalue weighted by atomic mass is 35.5. The van der Waals surface area contributed by atoms with Gasteiger partial charge in [0, 0.05) is 10.4 Å². The van der Waals surface area contributed by atoms with E-state index >= 15 is 0 Å². The van der Waals surface area contributed by atoms with Crippen LogP contribution in [0.1, 0.15) is 25.0 Å². The van der Waals surface area contributed by atoms with Crippen molar-refractivity contribution in [1.82, 2.24) is 0 Å². The molecule has 0 heterocycles. The van der Waals surface area contributed by atoms with Crippen LogP contribution in [0.5, 0.6) is 11.5 Å². The van der Waals surface area contributed by atoms with Crippen LogP contribution in [0, 0.1) is 0 Å². The quantitative estimate of drug-likeness (QED) is 0.467. The van der Waals surface area contributed by atoms with Crippen LogP contribution in [0.15, 0.2) is 78.9 Å². The van der Waals surface area contributed by atoms with E-state index in [0.29, 0.717) is 13.2 Å². The van der Waals surface area contributed by atoms with Crippen LogP contribution in [0.3, 0.4) is 0 Å². The summed E-state index contributed by atoms with van der Waals surface area (Å²) in [6.45, 7) is 5.40. The Morgan fingerprint density at radius 2 is 1.50 bits per heavy atom. The molecule has 0 saturated carbocycles. The van der Waals surface area contributed by atoms with Crippen LogP contribution in [0.2, 0.25) is 5.02 Å². The summed E-state index contributed by atoms with van der Waals surface area (Å²) >= 11 is 6.33. The van der Waals surface area contributed by atoms with Crippen molar-refractivity contribution >= 4 is 11.6 Å². The van der Waals surface area contributed by atoms with Gasteiger partial charge >= 0.3 is 0 Å². The van der Waals surface area contributed by atoms with Crippen molar-refractivity contribution in [3.63, 3.8) is 0 Å². The molecule has 0 saturated heterocycles. The minimum atomic E-state index is -0.156. The van der Waals surface area contributed by atoms with Gasteiger partial charge in [-0.1, -0.05) is 74.0 Å². The van der Waals surface area contributed by atoms with Crippen LogP contribution < -0.4 is 4.74 Å². The van der Waals surface area contributed by atoms with Crippen LogP contribution in [-0.2, 0) is 16.8 Å². The van der Waals surface area contributed by atoms with Gasteiger partial charge < -0.3 is 9.47 Å². The molecule has 0 N–H and O–H groups in total.